The Hall–Kier alpha value is -16.4. The molecular formula is C115H89Br4N17O5. The normalized spacial score (nSPS) is 13.1. The van der Waals surface area contributed by atoms with Crippen molar-refractivity contribution in [1.29, 1.82) is 0 Å². The van der Waals surface area contributed by atoms with Gasteiger partial charge in [-0.1, -0.05) is 84.2 Å². The van der Waals surface area contributed by atoms with Gasteiger partial charge in [-0.05, 0) is 313 Å². The predicted octanol–water partition coefficient (Wildman–Crippen LogP) is 29.3. The Morgan fingerprint density at radius 1 is 0.326 bits per heavy atom. The number of hydrogen-bond acceptors (Lipinski definition) is 16. The number of benzene rings is 9. The first-order chi connectivity index (χ1) is 74.9. The third kappa shape index (κ3) is 21.2. The van der Waals surface area contributed by atoms with E-state index < -0.39 is 34.3 Å². The Morgan fingerprint density at radius 3 is 1.27 bits per heavy atom. The molecule has 0 bridgehead atoms. The van der Waals surface area contributed by atoms with Gasteiger partial charge < -0.3 is 34.2 Å². The van der Waals surface area contributed by atoms with E-state index in [-0.39, 0.29) is 27.7 Å². The molecule has 0 amide bonds. The molecular weight excluding hydrogens is 2020 g/mol. The molecule has 0 fully saturated rings. The second kappa shape index (κ2) is 42.7. The zero-order valence-corrected chi connectivity index (χ0v) is 81.2. The van der Waals surface area contributed by atoms with Crippen LogP contribution in [0.15, 0.2) is 407 Å². The number of fused-ring (bicyclic) bond motifs is 15. The number of hydrogen-bond donors (Lipinski definition) is 3. The highest BCUT2D eigenvalue weighted by molar-refractivity contribution is 9.11. The van der Waals surface area contributed by atoms with Crippen LogP contribution in [-0.4, -0.2) is 92.3 Å². The number of rotatable bonds is 13. The number of pyridine rings is 10. The molecule has 0 aliphatic heterocycles. The molecule has 0 saturated carbocycles. The first-order valence-corrected chi connectivity index (χ1v) is 47.0. The van der Waals surface area contributed by atoms with E-state index in [2.05, 4.69) is 147 Å². The van der Waals surface area contributed by atoms with Crippen LogP contribution in [0.25, 0.3) is 133 Å². The second-order valence-electron chi connectivity index (χ2n) is 31.8. The molecule has 692 valence electrons. The van der Waals surface area contributed by atoms with E-state index in [1.165, 1.54) is 102 Å². The number of methoxy groups -OCH3 is 2. The van der Waals surface area contributed by atoms with Crippen molar-refractivity contribution in [2.75, 3.05) is 19.5 Å². The molecule has 1 aliphatic rings. The highest BCUT2D eigenvalue weighted by atomic mass is 79.9. The fourth-order valence-corrected chi connectivity index (χ4v) is 18.5. The van der Waals surface area contributed by atoms with Gasteiger partial charge in [0.15, 0.2) is 5.43 Å². The van der Waals surface area contributed by atoms with Gasteiger partial charge >= 0.3 is 0 Å². The minimum Gasteiger partial charge on any atom is -0.497 e. The lowest BCUT2D eigenvalue weighted by molar-refractivity contribution is 0.414. The van der Waals surface area contributed by atoms with Gasteiger partial charge in [-0.3, -0.25) is 43.0 Å². The summed E-state index contributed by atoms with van der Waals surface area (Å²) in [6.45, 7) is -10.9. The molecule has 0 unspecified atom stereocenters. The molecule has 0 radical (unpaired) electrons. The third-order valence-electron chi connectivity index (χ3n) is 22.8. The second-order valence-corrected chi connectivity index (χ2v) is 35.4. The topological polar surface area (TPSA) is 246 Å². The maximum absolute atomic E-state index is 11.8. The summed E-state index contributed by atoms with van der Waals surface area (Å²) in [5, 5.41) is 11.4. The largest absolute Gasteiger partial charge is 0.497 e. The van der Waals surface area contributed by atoms with Crippen LogP contribution in [0.1, 0.15) is 59.5 Å². The maximum atomic E-state index is 11.8. The van der Waals surface area contributed by atoms with Crippen molar-refractivity contribution in [3.8, 4) is 80.3 Å². The van der Waals surface area contributed by atoms with Gasteiger partial charge in [0.25, 0.3) is 0 Å². The van der Waals surface area contributed by atoms with E-state index in [0.717, 1.165) is 136 Å². The van der Waals surface area contributed by atoms with Crippen LogP contribution in [-0.2, 0) is 6.42 Å². The minimum atomic E-state index is -2.25. The molecule has 25 rings (SSSR count). The molecule has 24 aromatic rings. The average Bonchev–Trinajstić information content (AvgIpc) is 1.59. The standard InChI is InChI=1S/C32H24N6O.C23H16BrN3O.C18H15N3O.C17H13N3O.C13H11NO.C6H4Br2.C6H6BrN/c1-21-11-14-34-31(17-21)38-29-19-24(9-10-25(29)26-12-13-33-20-30(26)38)39-23-6-4-5-22(18-23)37-28-8-3-2-7-27(28)32-35-15-16-36-32;1-15-7-10-26-23(11-15)27-21-13-18(28-17-4-2-3-16(24)12-17)5-6-19(21)20-8-9-25-14-22(20)27;1-12-5-8-20-18(9-12)21-16-10-13(22-2)3-4-14(16)15-6-7-19-11-17(15)21;1-11-4-7-19-17(8-11)20-15-9-12(21)2-3-13(15)14-5-6-18-10-16(14)20;1-15-11-2-3-12-9(7-11)6-10-8-14-5-4-13(10)12;7-5-2-1-3-6(8)4-5;1-5-2-3-8-6(7)4-5/h2-20,37H,1H3,(H,35,36);2-14H,1H3;3-11H,1-2H3;2-10,18H,1H3;2-5,7-8H,6H2,1H3;1-4H;2-4H,1H3/i4*1D3;;;1D3. The van der Waals surface area contributed by atoms with Gasteiger partial charge in [0.1, 0.15) is 68.2 Å². The third-order valence-corrected chi connectivity index (χ3v) is 24.7. The lowest BCUT2D eigenvalue weighted by Crippen LogP contribution is -2.01. The molecule has 3 N–H and O–H groups in total. The van der Waals surface area contributed by atoms with Crippen molar-refractivity contribution in [3.05, 3.63) is 452 Å². The fourth-order valence-electron chi connectivity index (χ4n) is 16.6. The first-order valence-electron chi connectivity index (χ1n) is 51.3. The Bertz CT molecular complexity index is 9400. The molecule has 22 nitrogen and oxygen atoms in total. The maximum Gasteiger partial charge on any atom is 0.180 e. The highest BCUT2D eigenvalue weighted by Gasteiger charge is 2.23. The number of imidazole rings is 1. The van der Waals surface area contributed by atoms with E-state index in [9.17, 15) is 4.79 Å². The Morgan fingerprint density at radius 2 is 0.759 bits per heavy atom. The molecule has 26 heteroatoms. The summed E-state index contributed by atoms with van der Waals surface area (Å²) < 4.78 is 148. The number of aromatic amines is 2. The number of nitrogens with one attached hydrogen (secondary N) is 3. The van der Waals surface area contributed by atoms with Crippen molar-refractivity contribution in [2.24, 2.45) is 0 Å². The first kappa shape index (κ1) is 76.6. The van der Waals surface area contributed by atoms with Gasteiger partial charge in [-0.15, -0.1) is 0 Å². The molecule has 0 atom stereocenters. The van der Waals surface area contributed by atoms with Crippen LogP contribution in [0.2, 0.25) is 0 Å². The number of aryl methyl sites for hydroxylation is 5. The molecule has 141 heavy (non-hydrogen) atoms. The number of para-hydroxylation sites is 1. The van der Waals surface area contributed by atoms with E-state index in [0.29, 0.717) is 62.0 Å². The van der Waals surface area contributed by atoms with E-state index in [4.69, 9.17) is 39.5 Å². The Labute approximate surface area is 866 Å². The number of H-pyrrole nitrogens is 2. The van der Waals surface area contributed by atoms with Crippen LogP contribution < -0.4 is 29.7 Å². The highest BCUT2D eigenvalue weighted by Crippen LogP contribution is 2.42. The van der Waals surface area contributed by atoms with Gasteiger partial charge in [0, 0.05) is 218 Å². The van der Waals surface area contributed by atoms with Gasteiger partial charge in [-0.25, -0.2) is 29.9 Å². The number of aromatic nitrogens is 16. The molecule has 15 aromatic heterocycles. The average molecular weight is 2120 g/mol. The summed E-state index contributed by atoms with van der Waals surface area (Å²) >= 11 is 13.2. The monoisotopic (exact) mass is 2120 g/mol. The summed E-state index contributed by atoms with van der Waals surface area (Å²) in [4.78, 5) is 60.9. The van der Waals surface area contributed by atoms with Crippen LogP contribution >= 0.6 is 63.7 Å². The van der Waals surface area contributed by atoms with Crippen molar-refractivity contribution in [2.45, 2.75) is 40.7 Å². The van der Waals surface area contributed by atoms with Crippen LogP contribution in [0.5, 0.6) is 34.5 Å². The van der Waals surface area contributed by atoms with Crippen molar-refractivity contribution < 1.29 is 39.5 Å². The van der Waals surface area contributed by atoms with Gasteiger partial charge in [-0.2, -0.15) is 0 Å². The number of nitrogens with zero attached hydrogens (tertiary/aromatic N) is 14. The van der Waals surface area contributed by atoms with Crippen molar-refractivity contribution in [1.82, 2.24) is 78.1 Å². The number of halogens is 4. The molecule has 0 spiro atoms. The Kier molecular flexibility index (Phi) is 23.2. The lowest BCUT2D eigenvalue weighted by Gasteiger charge is -2.13. The fraction of sp³-hybridized carbons (Fsp3) is 0.0696. The van der Waals surface area contributed by atoms with Crippen LogP contribution in [0.3, 0.4) is 0 Å². The van der Waals surface area contributed by atoms with E-state index in [1.807, 2.05) is 220 Å². The van der Waals surface area contributed by atoms with Gasteiger partial charge in [0.05, 0.1) is 76.9 Å². The smallest absolute Gasteiger partial charge is 0.180 e. The quantitative estimate of drug-likeness (QED) is 0.0908. The van der Waals surface area contributed by atoms with E-state index >= 15 is 0 Å². The summed E-state index contributed by atoms with van der Waals surface area (Å²) in [5.74, 6) is 7.09. The van der Waals surface area contributed by atoms with E-state index in [1.54, 1.807) is 98.7 Å². The van der Waals surface area contributed by atoms with Crippen LogP contribution in [0, 0.1) is 34.3 Å². The number of anilines is 2. The SMILES string of the molecule is Brc1cccc(Br)c1.COc1ccc2c(c1)Cc1cnccc1-2.[2H]C([2H])([2H])c1ccnc(-n2c3c[nH]ccc3c3ccc(=O)cc32)c1.[2H]C([2H])([2H])c1ccnc(-n2c3cnccc3c3ccc(OC)cc32)c1.[2H]C([2H])([2H])c1ccnc(-n2c3cnccc3c3ccc(Oc4cccc(Br)c4)cc32)c1.[2H]C([2H])([2H])c1ccnc(-n2c3cnccc3c3ccc(Oc4cccc(Nc5ccccc5-c5ncc[nH]5)c4)cc32)c1.[2H]C([2H])([2H])c1ccnc(Br)c1. The van der Waals surface area contributed by atoms with Gasteiger partial charge in [0.2, 0.25) is 0 Å². The lowest BCUT2D eigenvalue weighted by atomic mass is 10.1. The van der Waals surface area contributed by atoms with Crippen molar-refractivity contribution >= 4 is 162 Å². The Balaban J connectivity index is 0.000000119. The summed E-state index contributed by atoms with van der Waals surface area (Å²) in [5.41, 5.74) is 15.7. The zero-order chi connectivity index (χ0) is 109. The zero-order valence-electron chi connectivity index (χ0n) is 89.9. The molecule has 15 heterocycles. The summed E-state index contributed by atoms with van der Waals surface area (Å²) in [6.07, 6.45) is 29.9. The molecule has 1 aliphatic carbocycles. The van der Waals surface area contributed by atoms with Crippen LogP contribution in [0.4, 0.5) is 11.4 Å². The molecule has 9 aromatic carbocycles. The molecule has 0 saturated heterocycles. The van der Waals surface area contributed by atoms with Crippen molar-refractivity contribution in [3.63, 3.8) is 0 Å². The minimum absolute atomic E-state index is 0.109. The summed E-state index contributed by atoms with van der Waals surface area (Å²) in [6, 6.07) is 85.0. The number of ether oxygens (including phenoxy) is 4. The summed E-state index contributed by atoms with van der Waals surface area (Å²) in [7, 11) is 3.31. The predicted molar refractivity (Wildman–Crippen MR) is 579 cm³/mol.